The molecule has 6 atom stereocenters. The number of amides is 3. The van der Waals surface area contributed by atoms with E-state index in [4.69, 9.17) is 28.8 Å². The van der Waals surface area contributed by atoms with Crippen LogP contribution >= 0.6 is 13.5 Å². The Hall–Kier alpha value is -3.77. The molecular weight excluding hydrogens is 799 g/mol. The summed E-state index contributed by atoms with van der Waals surface area (Å²) in [6.07, 6.45) is 4.28. The molecule has 57 heavy (non-hydrogen) atoms. The van der Waals surface area contributed by atoms with Crippen LogP contribution in [0.15, 0.2) is 38.0 Å². The summed E-state index contributed by atoms with van der Waals surface area (Å²) in [6.45, 7) is 30.6. The van der Waals surface area contributed by atoms with Gasteiger partial charge in [0.25, 0.3) is 0 Å². The van der Waals surface area contributed by atoms with Crippen LogP contribution in [0.1, 0.15) is 110 Å². The van der Waals surface area contributed by atoms with Gasteiger partial charge in [-0.1, -0.05) is 33.1 Å². The van der Waals surface area contributed by atoms with Gasteiger partial charge >= 0.3 is 36.2 Å². The Morgan fingerprint density at radius 1 is 0.596 bits per heavy atom. The first kappa shape index (κ1) is 59.9. The fourth-order valence-corrected chi connectivity index (χ4v) is 5.00. The number of hydrogen-bond acceptors (Lipinski definition) is 13. The summed E-state index contributed by atoms with van der Waals surface area (Å²) in [5.41, 5.74) is -5.02. The summed E-state index contributed by atoms with van der Waals surface area (Å²) < 4.78 is 25.2. The zero-order valence-corrected chi connectivity index (χ0v) is 36.5. The van der Waals surface area contributed by atoms with E-state index in [1.165, 1.54) is 6.08 Å². The highest BCUT2D eigenvalue weighted by Gasteiger charge is 2.63. The number of alkyl carbamates (subject to hydrolysis) is 3. The third-order valence-corrected chi connectivity index (χ3v) is 7.73. The highest BCUT2D eigenvalue weighted by atomic mass is 32.8. The Morgan fingerprint density at radius 3 is 1.00 bits per heavy atom. The number of carbonyl (C=O) groups excluding carboxylic acids is 5. The number of esters is 2. The molecule has 3 saturated carbocycles. The molecule has 3 rings (SSSR count). The zero-order chi connectivity index (χ0) is 42.5. The van der Waals surface area contributed by atoms with E-state index in [-0.39, 0.29) is 59.3 Å². The van der Waals surface area contributed by atoms with Crippen molar-refractivity contribution in [3.63, 3.8) is 0 Å². The molecule has 0 radical (unpaired) electrons. The van der Waals surface area contributed by atoms with Crippen LogP contribution in [-0.4, -0.2) is 87.9 Å². The van der Waals surface area contributed by atoms with Crippen molar-refractivity contribution >= 4 is 72.1 Å². The highest BCUT2D eigenvalue weighted by molar-refractivity contribution is 8.07. The quantitative estimate of drug-likeness (QED) is 0.0942. The van der Waals surface area contributed by atoms with Crippen LogP contribution in [0.5, 0.6) is 0 Å². The minimum atomic E-state index is -1.22. The summed E-state index contributed by atoms with van der Waals surface area (Å²) in [5, 5.41) is 16.6. The van der Waals surface area contributed by atoms with Crippen molar-refractivity contribution in [3.8, 4) is 0 Å². The molecule has 0 saturated heterocycles. The average molecular weight is 868 g/mol. The summed E-state index contributed by atoms with van der Waals surface area (Å²) in [7, 11) is 0. The lowest BCUT2D eigenvalue weighted by Crippen LogP contribution is -2.47. The fraction of sp³-hybridized carbons (Fsp3) is 0.692. The summed E-state index contributed by atoms with van der Waals surface area (Å²) >= 11 is 7.33. The van der Waals surface area contributed by atoms with E-state index in [2.05, 4.69) is 58.1 Å². The van der Waals surface area contributed by atoms with Gasteiger partial charge in [-0.05, 0) is 95.4 Å². The standard InChI is InChI=1S/2C13H21NO4.C11H17NO4.2CH4.S2.H2S/c2*1-6-9-8-13(9,10(15)17-7-2)14-11(16)18-12(3,4)5;1-5-7-6-11(7,8(13)14)12-9(15)16-10(2,3)4;;;1-2;/h2*6,9H,1,7-8H2,2-5H3,(H,14,16);5,7H,1,6H2,2-4H3,(H,12,15)(H,13,14);2*1H4;;1H2/t2*9-,13-;7-,11-;;;;/m100..../s1. The van der Waals surface area contributed by atoms with Gasteiger partial charge in [0.15, 0.2) is 0 Å². The number of ether oxygens (including phenoxy) is 5. The van der Waals surface area contributed by atoms with Gasteiger partial charge in [-0.3, -0.25) is 0 Å². The monoisotopic (exact) mass is 867 g/mol. The van der Waals surface area contributed by atoms with Crippen molar-refractivity contribution in [1.82, 2.24) is 16.0 Å². The molecule has 3 amide bonds. The smallest absolute Gasteiger partial charge is 0.408 e. The molecule has 0 aromatic carbocycles. The number of carboxylic acid groups (broad SMARTS) is 1. The molecular formula is C39H69N3O12S3. The zero-order valence-electron chi connectivity index (χ0n) is 33.9. The van der Waals surface area contributed by atoms with Gasteiger partial charge in [-0.2, -0.15) is 13.5 Å². The normalized spacial score (nSPS) is 24.4. The van der Waals surface area contributed by atoms with Crippen LogP contribution in [0, 0.1) is 17.8 Å². The van der Waals surface area contributed by atoms with Crippen molar-refractivity contribution in [2.45, 2.75) is 144 Å². The van der Waals surface area contributed by atoms with Gasteiger partial charge in [0.05, 0.1) is 13.2 Å². The fourth-order valence-electron chi connectivity index (χ4n) is 5.00. The number of hydrogen-bond donors (Lipinski definition) is 4. The minimum Gasteiger partial charge on any atom is -0.479 e. The lowest BCUT2D eigenvalue weighted by Gasteiger charge is -2.23. The lowest BCUT2D eigenvalue weighted by molar-refractivity contribution is -0.148. The second-order valence-corrected chi connectivity index (χ2v) is 15.7. The Labute approximate surface area is 356 Å². The molecule has 0 heterocycles. The number of rotatable bonds is 11. The largest absolute Gasteiger partial charge is 0.479 e. The molecule has 0 unspecified atom stereocenters. The van der Waals surface area contributed by atoms with Gasteiger partial charge in [-0.15, -0.1) is 19.7 Å². The number of carboxylic acids is 1. The molecule has 3 fully saturated rings. The number of carbonyl (C=O) groups is 6. The second-order valence-electron chi connectivity index (χ2n) is 15.7. The number of aliphatic carboxylic acids is 1. The van der Waals surface area contributed by atoms with Gasteiger partial charge < -0.3 is 44.7 Å². The number of nitrogens with one attached hydrogen (secondary N) is 3. The maximum absolute atomic E-state index is 11.9. The molecule has 18 heteroatoms. The summed E-state index contributed by atoms with van der Waals surface area (Å²) in [4.78, 5) is 69.6. The van der Waals surface area contributed by atoms with Crippen LogP contribution in [0.25, 0.3) is 0 Å². The molecule has 0 bridgehead atoms. The van der Waals surface area contributed by atoms with E-state index < -0.39 is 69.6 Å². The van der Waals surface area contributed by atoms with E-state index in [0.717, 1.165) is 0 Å². The van der Waals surface area contributed by atoms with Crippen molar-refractivity contribution in [2.24, 2.45) is 17.8 Å². The Morgan fingerprint density at radius 2 is 0.825 bits per heavy atom. The molecule has 3 aliphatic carbocycles. The molecule has 0 spiro atoms. The highest BCUT2D eigenvalue weighted by Crippen LogP contribution is 2.47. The van der Waals surface area contributed by atoms with Crippen LogP contribution < -0.4 is 16.0 Å². The Bertz CT molecular complexity index is 1340. The van der Waals surface area contributed by atoms with Crippen molar-refractivity contribution in [3.05, 3.63) is 38.0 Å². The summed E-state index contributed by atoms with van der Waals surface area (Å²) in [5.74, 6) is -2.32. The van der Waals surface area contributed by atoms with Crippen molar-refractivity contribution < 1.29 is 57.6 Å². The van der Waals surface area contributed by atoms with E-state index in [1.54, 1.807) is 88.3 Å². The predicted molar refractivity (Wildman–Crippen MR) is 231 cm³/mol. The third kappa shape index (κ3) is 19.0. The van der Waals surface area contributed by atoms with Crippen LogP contribution in [0.4, 0.5) is 14.4 Å². The molecule has 3 aliphatic rings. The van der Waals surface area contributed by atoms with E-state index in [9.17, 15) is 28.8 Å². The maximum Gasteiger partial charge on any atom is 0.408 e. The minimum absolute atomic E-state index is 0. The van der Waals surface area contributed by atoms with E-state index in [1.807, 2.05) is 0 Å². The molecule has 0 aromatic rings. The van der Waals surface area contributed by atoms with Crippen LogP contribution in [-0.2, 0) is 60.4 Å². The first-order valence-electron chi connectivity index (χ1n) is 17.4. The van der Waals surface area contributed by atoms with E-state index >= 15 is 0 Å². The van der Waals surface area contributed by atoms with Gasteiger partial charge in [0.2, 0.25) is 0 Å². The first-order chi connectivity index (χ1) is 24.7. The molecule has 330 valence electrons. The lowest BCUT2D eigenvalue weighted by atomic mass is 10.2. The van der Waals surface area contributed by atoms with Crippen LogP contribution in [0.3, 0.4) is 0 Å². The molecule has 0 aliphatic heterocycles. The Balaban J connectivity index is -0.000000353. The van der Waals surface area contributed by atoms with Crippen molar-refractivity contribution in [2.75, 3.05) is 13.2 Å². The topological polar surface area (TPSA) is 205 Å². The maximum atomic E-state index is 11.9. The third-order valence-electron chi connectivity index (χ3n) is 7.73. The first-order valence-corrected chi connectivity index (χ1v) is 18.7. The van der Waals surface area contributed by atoms with E-state index in [0.29, 0.717) is 19.3 Å². The molecule has 15 nitrogen and oxygen atoms in total. The molecule has 4 N–H and O–H groups in total. The Kier molecular flexibility index (Phi) is 25.5. The van der Waals surface area contributed by atoms with Gasteiger partial charge in [0, 0.05) is 40.1 Å². The predicted octanol–water partition coefficient (Wildman–Crippen LogP) is 6.96. The SMILES string of the molecule is C.C.C=C[C@@H]1C[C@]1(NC(=O)OC(C)(C)C)C(=O)OCC.C=C[C@H]1C[C@@]1(NC(=O)OC(C)(C)C)C(=O)O.C=C[C@H]1C[C@@]1(NC(=O)OC(C)(C)C)C(=O)OCC.S.S=S. The van der Waals surface area contributed by atoms with Crippen molar-refractivity contribution in [1.29, 1.82) is 0 Å². The second kappa shape index (κ2) is 24.2. The van der Waals surface area contributed by atoms with Crippen LogP contribution in [0.2, 0.25) is 0 Å². The molecule has 0 aromatic heterocycles. The van der Waals surface area contributed by atoms with Gasteiger partial charge in [-0.25, -0.2) is 28.8 Å². The summed E-state index contributed by atoms with van der Waals surface area (Å²) in [6, 6.07) is 0. The average Bonchev–Trinajstić information content (AvgIpc) is 3.95. The van der Waals surface area contributed by atoms with Gasteiger partial charge in [0.1, 0.15) is 33.4 Å².